The second-order valence-electron chi connectivity index (χ2n) is 5.67. The summed E-state index contributed by atoms with van der Waals surface area (Å²) in [5.41, 5.74) is 0.866. The lowest BCUT2D eigenvalue weighted by Gasteiger charge is -2.20. The molecule has 0 aliphatic rings. The van der Waals surface area contributed by atoms with Crippen LogP contribution in [0.4, 0.5) is 4.39 Å². The Morgan fingerprint density at radius 1 is 1.21 bits per heavy atom. The van der Waals surface area contributed by atoms with E-state index in [1.165, 1.54) is 28.8 Å². The predicted octanol–water partition coefficient (Wildman–Crippen LogP) is 2.29. The maximum atomic E-state index is 13.2. The first-order valence-corrected chi connectivity index (χ1v) is 7.69. The Kier molecular flexibility index (Phi) is 4.46. The van der Waals surface area contributed by atoms with Gasteiger partial charge in [0.1, 0.15) is 11.6 Å². The Balaban J connectivity index is 2.29. The van der Waals surface area contributed by atoms with Gasteiger partial charge in [-0.05, 0) is 50.1 Å². The standard InChI is InChI=1S/C17H17BFN3O2/c1-11(21-18(2)24)16-20-15-6-4-3-5-14(15)17(23)22(16)13-9-7-12(19)8-10-13/h3-11,21,24H,1-2H3/t11-/m1/s1. The summed E-state index contributed by atoms with van der Waals surface area (Å²) in [6, 6.07) is 12.3. The lowest BCUT2D eigenvalue weighted by atomic mass is 9.87. The summed E-state index contributed by atoms with van der Waals surface area (Å²) >= 11 is 0. The molecule has 3 rings (SSSR count). The van der Waals surface area contributed by atoms with E-state index in [1.807, 2.05) is 13.0 Å². The van der Waals surface area contributed by atoms with E-state index < -0.39 is 7.05 Å². The van der Waals surface area contributed by atoms with E-state index in [9.17, 15) is 14.2 Å². The molecule has 7 heteroatoms. The van der Waals surface area contributed by atoms with Gasteiger partial charge in [-0.1, -0.05) is 12.1 Å². The van der Waals surface area contributed by atoms with E-state index in [1.54, 1.807) is 25.0 Å². The Labute approximate surface area is 138 Å². The van der Waals surface area contributed by atoms with Crippen LogP contribution in [-0.4, -0.2) is 21.6 Å². The number of benzene rings is 2. The topological polar surface area (TPSA) is 67.2 Å². The first-order chi connectivity index (χ1) is 11.5. The molecule has 1 atom stereocenters. The van der Waals surface area contributed by atoms with E-state index in [0.29, 0.717) is 22.4 Å². The van der Waals surface area contributed by atoms with Crippen LogP contribution in [0.3, 0.4) is 0 Å². The van der Waals surface area contributed by atoms with Crippen molar-refractivity contribution in [3.05, 3.63) is 70.5 Å². The number of nitrogens with one attached hydrogen (secondary N) is 1. The number of halogens is 1. The average Bonchev–Trinajstić information content (AvgIpc) is 2.55. The number of nitrogens with zero attached hydrogens (tertiary/aromatic N) is 2. The van der Waals surface area contributed by atoms with Crippen molar-refractivity contribution in [1.82, 2.24) is 14.8 Å². The number of rotatable bonds is 4. The van der Waals surface area contributed by atoms with Crippen LogP contribution in [0.15, 0.2) is 53.3 Å². The van der Waals surface area contributed by atoms with Crippen molar-refractivity contribution in [2.75, 3.05) is 0 Å². The fourth-order valence-corrected chi connectivity index (χ4v) is 2.72. The fraction of sp³-hybridized carbons (Fsp3) is 0.176. The Hall–Kier alpha value is -2.51. The SMILES string of the molecule is CB(O)N[C@H](C)c1nc2ccccc2c(=O)n1-c1ccc(F)cc1. The second kappa shape index (κ2) is 6.55. The number of para-hydroxylation sites is 1. The highest BCUT2D eigenvalue weighted by Gasteiger charge is 2.19. The number of hydrogen-bond acceptors (Lipinski definition) is 4. The molecule has 3 aromatic rings. The normalized spacial score (nSPS) is 12.3. The van der Waals surface area contributed by atoms with Crippen molar-refractivity contribution < 1.29 is 9.41 Å². The van der Waals surface area contributed by atoms with E-state index in [4.69, 9.17) is 0 Å². The van der Waals surface area contributed by atoms with Crippen LogP contribution in [0.1, 0.15) is 18.8 Å². The van der Waals surface area contributed by atoms with Gasteiger partial charge in [-0.3, -0.25) is 9.36 Å². The van der Waals surface area contributed by atoms with Crippen molar-refractivity contribution >= 4 is 18.0 Å². The Morgan fingerprint density at radius 2 is 1.88 bits per heavy atom. The maximum Gasteiger partial charge on any atom is 0.374 e. The number of aromatic nitrogens is 2. The third kappa shape index (κ3) is 3.08. The van der Waals surface area contributed by atoms with Crippen molar-refractivity contribution in [2.45, 2.75) is 19.8 Å². The third-order valence-corrected chi connectivity index (χ3v) is 3.76. The molecule has 0 saturated heterocycles. The molecule has 0 amide bonds. The highest BCUT2D eigenvalue weighted by Crippen LogP contribution is 2.18. The van der Waals surface area contributed by atoms with Crippen LogP contribution in [0.2, 0.25) is 6.82 Å². The van der Waals surface area contributed by atoms with Gasteiger partial charge < -0.3 is 10.3 Å². The molecule has 0 aliphatic carbocycles. The van der Waals surface area contributed by atoms with Gasteiger partial charge in [0, 0.05) is 0 Å². The molecule has 5 nitrogen and oxygen atoms in total. The van der Waals surface area contributed by atoms with Crippen molar-refractivity contribution in [3.8, 4) is 5.69 Å². The summed E-state index contributed by atoms with van der Waals surface area (Å²) < 4.78 is 14.7. The maximum absolute atomic E-state index is 13.2. The molecule has 24 heavy (non-hydrogen) atoms. The van der Waals surface area contributed by atoms with Crippen LogP contribution in [-0.2, 0) is 0 Å². The van der Waals surface area contributed by atoms with Crippen molar-refractivity contribution in [3.63, 3.8) is 0 Å². The molecule has 1 aromatic heterocycles. The lowest BCUT2D eigenvalue weighted by molar-refractivity contribution is 0.521. The molecule has 0 unspecified atom stereocenters. The van der Waals surface area contributed by atoms with E-state index in [-0.39, 0.29) is 17.4 Å². The summed E-state index contributed by atoms with van der Waals surface area (Å²) in [5.74, 6) is 0.0726. The minimum Gasteiger partial charge on any atom is -0.437 e. The van der Waals surface area contributed by atoms with Gasteiger partial charge in [0.25, 0.3) is 5.56 Å². The molecular formula is C17H17BFN3O2. The van der Waals surface area contributed by atoms with E-state index >= 15 is 0 Å². The third-order valence-electron chi connectivity index (χ3n) is 3.76. The van der Waals surface area contributed by atoms with Crippen molar-refractivity contribution in [1.29, 1.82) is 0 Å². The van der Waals surface area contributed by atoms with Gasteiger partial charge in [0.05, 0.1) is 22.6 Å². The Bertz CT molecular complexity index is 925. The van der Waals surface area contributed by atoms with Gasteiger partial charge in [-0.25, -0.2) is 9.37 Å². The first-order valence-electron chi connectivity index (χ1n) is 7.69. The molecule has 0 saturated carbocycles. The van der Waals surface area contributed by atoms with Crippen LogP contribution in [0, 0.1) is 5.82 Å². The summed E-state index contributed by atoms with van der Waals surface area (Å²) in [6.07, 6.45) is 0. The average molecular weight is 325 g/mol. The smallest absolute Gasteiger partial charge is 0.374 e. The highest BCUT2D eigenvalue weighted by molar-refractivity contribution is 6.45. The zero-order valence-corrected chi connectivity index (χ0v) is 13.4. The summed E-state index contributed by atoms with van der Waals surface area (Å²) in [7, 11) is -0.759. The van der Waals surface area contributed by atoms with Gasteiger partial charge in [0.15, 0.2) is 0 Å². The van der Waals surface area contributed by atoms with Gasteiger partial charge in [-0.2, -0.15) is 0 Å². The number of fused-ring (bicyclic) bond motifs is 1. The fourth-order valence-electron chi connectivity index (χ4n) is 2.72. The summed E-state index contributed by atoms with van der Waals surface area (Å²) in [4.78, 5) is 17.5. The molecule has 0 spiro atoms. The molecule has 0 bridgehead atoms. The summed E-state index contributed by atoms with van der Waals surface area (Å²) in [5, 5.41) is 13.0. The molecule has 0 radical (unpaired) electrons. The van der Waals surface area contributed by atoms with Gasteiger partial charge in [-0.15, -0.1) is 0 Å². The predicted molar refractivity (Wildman–Crippen MR) is 92.7 cm³/mol. The summed E-state index contributed by atoms with van der Waals surface area (Å²) in [6.45, 7) is 3.40. The minimum absolute atomic E-state index is 0.235. The highest BCUT2D eigenvalue weighted by atomic mass is 19.1. The molecular weight excluding hydrogens is 308 g/mol. The van der Waals surface area contributed by atoms with Gasteiger partial charge >= 0.3 is 7.05 Å². The second-order valence-corrected chi connectivity index (χ2v) is 5.67. The number of hydrogen-bond donors (Lipinski definition) is 2. The molecule has 0 aliphatic heterocycles. The van der Waals surface area contributed by atoms with Crippen LogP contribution < -0.4 is 10.8 Å². The monoisotopic (exact) mass is 325 g/mol. The largest absolute Gasteiger partial charge is 0.437 e. The van der Waals surface area contributed by atoms with Crippen LogP contribution in [0.5, 0.6) is 0 Å². The van der Waals surface area contributed by atoms with E-state index in [2.05, 4.69) is 10.2 Å². The van der Waals surface area contributed by atoms with Crippen molar-refractivity contribution in [2.24, 2.45) is 0 Å². The lowest BCUT2D eigenvalue weighted by Crippen LogP contribution is -2.37. The molecule has 2 N–H and O–H groups in total. The zero-order chi connectivity index (χ0) is 17.3. The molecule has 0 fully saturated rings. The quantitative estimate of drug-likeness (QED) is 0.722. The first kappa shape index (κ1) is 16.4. The minimum atomic E-state index is -0.759. The molecule has 2 aromatic carbocycles. The Morgan fingerprint density at radius 3 is 2.54 bits per heavy atom. The zero-order valence-electron chi connectivity index (χ0n) is 13.4. The van der Waals surface area contributed by atoms with Crippen LogP contribution in [0.25, 0.3) is 16.6 Å². The van der Waals surface area contributed by atoms with Crippen LogP contribution >= 0.6 is 0 Å². The molecule has 1 heterocycles. The van der Waals surface area contributed by atoms with E-state index in [0.717, 1.165) is 0 Å². The van der Waals surface area contributed by atoms with Gasteiger partial charge in [0.2, 0.25) is 0 Å². The molecule has 122 valence electrons.